The van der Waals surface area contributed by atoms with E-state index < -0.39 is 11.7 Å². The fraction of sp³-hybridized carbons (Fsp3) is 0.385. The fourth-order valence-electron chi connectivity index (χ4n) is 3.85. The van der Waals surface area contributed by atoms with Gasteiger partial charge in [0.15, 0.2) is 0 Å². The topological polar surface area (TPSA) is 64.7 Å². The molecule has 0 saturated carbocycles. The summed E-state index contributed by atoms with van der Waals surface area (Å²) in [7, 11) is 0. The first-order chi connectivity index (χ1) is 17.6. The predicted molar refractivity (Wildman–Crippen MR) is 141 cm³/mol. The monoisotopic (exact) mass is 556 g/mol. The fourth-order valence-corrected chi connectivity index (χ4v) is 4.15. The Hall–Kier alpha value is -2.75. The molecule has 0 bridgehead atoms. The maximum Gasteiger partial charge on any atom is 0.416 e. The Kier molecular flexibility index (Phi) is 10.7. The second kappa shape index (κ2) is 13.7. The van der Waals surface area contributed by atoms with Crippen molar-refractivity contribution < 1.29 is 22.8 Å². The molecule has 0 atom stereocenters. The van der Waals surface area contributed by atoms with Gasteiger partial charge in [0, 0.05) is 44.5 Å². The number of nitrogens with zero attached hydrogens (tertiary/aromatic N) is 2. The maximum atomic E-state index is 12.8. The second-order valence-corrected chi connectivity index (χ2v) is 9.51. The molecule has 0 aromatic heterocycles. The number of piperazine rings is 1. The highest BCUT2D eigenvalue weighted by Crippen LogP contribution is 2.29. The minimum Gasteiger partial charge on any atom is -0.353 e. The van der Waals surface area contributed by atoms with Gasteiger partial charge in [0.05, 0.1) is 15.6 Å². The van der Waals surface area contributed by atoms with Crippen molar-refractivity contribution >= 4 is 46.9 Å². The van der Waals surface area contributed by atoms with Crippen LogP contribution in [0.25, 0.3) is 6.08 Å². The Morgan fingerprint density at radius 2 is 1.70 bits per heavy atom. The highest BCUT2D eigenvalue weighted by molar-refractivity contribution is 6.42. The first kappa shape index (κ1) is 28.8. The molecular formula is C26H29Cl2F3N4O2. The summed E-state index contributed by atoms with van der Waals surface area (Å²) in [5.41, 5.74) is 0.167. The third kappa shape index (κ3) is 9.57. The summed E-state index contributed by atoms with van der Waals surface area (Å²) in [6, 6.07) is 9.62. The van der Waals surface area contributed by atoms with Crippen molar-refractivity contribution in [2.45, 2.75) is 25.4 Å². The summed E-state index contributed by atoms with van der Waals surface area (Å²) >= 11 is 11.9. The van der Waals surface area contributed by atoms with Crippen LogP contribution >= 0.6 is 23.2 Å². The molecule has 0 aliphatic carbocycles. The van der Waals surface area contributed by atoms with E-state index in [0.29, 0.717) is 40.9 Å². The average Bonchev–Trinajstić information content (AvgIpc) is 2.87. The van der Waals surface area contributed by atoms with Crippen molar-refractivity contribution in [2.24, 2.45) is 0 Å². The van der Waals surface area contributed by atoms with E-state index in [1.807, 2.05) is 0 Å². The first-order valence-electron chi connectivity index (χ1n) is 12.0. The molecule has 1 fully saturated rings. The number of hydrogen-bond acceptors (Lipinski definition) is 3. The van der Waals surface area contributed by atoms with Gasteiger partial charge in [-0.25, -0.2) is 4.79 Å². The molecule has 0 unspecified atom stereocenters. The van der Waals surface area contributed by atoms with Gasteiger partial charge in [-0.1, -0.05) is 41.8 Å². The SMILES string of the molecule is O=C(/C=C/c1cccc(C(F)(F)F)c1)NCCCCCN1CCN(C(=O)Nc2ccc(Cl)c(Cl)c2)CC1. The highest BCUT2D eigenvalue weighted by Gasteiger charge is 2.30. The summed E-state index contributed by atoms with van der Waals surface area (Å²) in [5, 5.41) is 6.41. The van der Waals surface area contributed by atoms with Gasteiger partial charge in [-0.05, 0) is 61.4 Å². The molecule has 1 aliphatic rings. The van der Waals surface area contributed by atoms with Crippen molar-refractivity contribution in [3.8, 4) is 0 Å². The number of nitrogens with one attached hydrogen (secondary N) is 2. The zero-order valence-corrected chi connectivity index (χ0v) is 21.7. The molecule has 1 heterocycles. The van der Waals surface area contributed by atoms with Crippen molar-refractivity contribution in [3.05, 3.63) is 69.7 Å². The molecule has 6 nitrogen and oxygen atoms in total. The van der Waals surface area contributed by atoms with Gasteiger partial charge in [-0.3, -0.25) is 9.69 Å². The van der Waals surface area contributed by atoms with Crippen LogP contribution in [0.5, 0.6) is 0 Å². The van der Waals surface area contributed by atoms with Crippen LogP contribution in [-0.4, -0.2) is 61.0 Å². The molecule has 11 heteroatoms. The standard InChI is InChI=1S/C26H29Cl2F3N4O2/c27-22-9-8-21(18-23(22)28)33-25(37)35-15-13-34(14-16-35)12-3-1-2-11-32-24(36)10-7-19-5-4-6-20(17-19)26(29,30)31/h4-10,17-18H,1-3,11-16H2,(H,32,36)(H,33,37)/b10-7+. The number of alkyl halides is 3. The van der Waals surface area contributed by atoms with E-state index in [9.17, 15) is 22.8 Å². The zero-order valence-electron chi connectivity index (χ0n) is 20.2. The van der Waals surface area contributed by atoms with E-state index in [-0.39, 0.29) is 11.9 Å². The van der Waals surface area contributed by atoms with Crippen LogP contribution in [0.15, 0.2) is 48.5 Å². The number of anilines is 1. The van der Waals surface area contributed by atoms with Gasteiger partial charge in [0.1, 0.15) is 0 Å². The minimum atomic E-state index is -4.42. The van der Waals surface area contributed by atoms with E-state index >= 15 is 0 Å². The van der Waals surface area contributed by atoms with Gasteiger partial charge in [-0.15, -0.1) is 0 Å². The van der Waals surface area contributed by atoms with Crippen molar-refractivity contribution in [1.29, 1.82) is 0 Å². The van der Waals surface area contributed by atoms with Crippen molar-refractivity contribution in [1.82, 2.24) is 15.1 Å². The Labute approximate surface area is 224 Å². The molecular weight excluding hydrogens is 528 g/mol. The molecule has 1 aliphatic heterocycles. The Morgan fingerprint density at radius 1 is 0.946 bits per heavy atom. The number of hydrogen-bond donors (Lipinski definition) is 2. The van der Waals surface area contributed by atoms with Crippen molar-refractivity contribution in [2.75, 3.05) is 44.6 Å². The highest BCUT2D eigenvalue weighted by atomic mass is 35.5. The Morgan fingerprint density at radius 3 is 2.41 bits per heavy atom. The normalized spacial score (nSPS) is 14.7. The largest absolute Gasteiger partial charge is 0.416 e. The number of amides is 3. The molecule has 2 N–H and O–H groups in total. The van der Waals surface area contributed by atoms with Crippen LogP contribution in [0.4, 0.5) is 23.7 Å². The molecule has 0 radical (unpaired) electrons. The Bertz CT molecular complexity index is 1100. The number of unbranched alkanes of at least 4 members (excludes halogenated alkanes) is 2. The lowest BCUT2D eigenvalue weighted by atomic mass is 10.1. The number of carbonyl (C=O) groups excluding carboxylic acids is 2. The molecule has 200 valence electrons. The molecule has 2 aromatic rings. The predicted octanol–water partition coefficient (Wildman–Crippen LogP) is 6.16. The van der Waals surface area contributed by atoms with Crippen LogP contribution in [0.2, 0.25) is 10.0 Å². The average molecular weight is 557 g/mol. The molecule has 1 saturated heterocycles. The molecule has 37 heavy (non-hydrogen) atoms. The minimum absolute atomic E-state index is 0.170. The number of benzene rings is 2. The molecule has 3 rings (SSSR count). The van der Waals surface area contributed by atoms with E-state index in [4.69, 9.17) is 23.2 Å². The van der Waals surface area contributed by atoms with Gasteiger partial charge < -0.3 is 15.5 Å². The summed E-state index contributed by atoms with van der Waals surface area (Å²) < 4.78 is 38.3. The summed E-state index contributed by atoms with van der Waals surface area (Å²) in [6.07, 6.45) is 0.888. The summed E-state index contributed by atoms with van der Waals surface area (Å²) in [4.78, 5) is 28.5. The lowest BCUT2D eigenvalue weighted by molar-refractivity contribution is -0.137. The van der Waals surface area contributed by atoms with Crippen LogP contribution in [0.3, 0.4) is 0 Å². The van der Waals surface area contributed by atoms with Gasteiger partial charge in [0.2, 0.25) is 5.91 Å². The molecule has 2 aromatic carbocycles. The van der Waals surface area contributed by atoms with Gasteiger partial charge in [-0.2, -0.15) is 13.2 Å². The zero-order chi connectivity index (χ0) is 26.8. The van der Waals surface area contributed by atoms with E-state index in [1.54, 1.807) is 23.1 Å². The number of halogens is 5. The number of carbonyl (C=O) groups is 2. The lowest BCUT2D eigenvalue weighted by Crippen LogP contribution is -2.50. The van der Waals surface area contributed by atoms with Crippen LogP contribution < -0.4 is 10.6 Å². The lowest BCUT2D eigenvalue weighted by Gasteiger charge is -2.34. The maximum absolute atomic E-state index is 12.8. The second-order valence-electron chi connectivity index (χ2n) is 8.70. The van der Waals surface area contributed by atoms with Gasteiger partial charge >= 0.3 is 12.2 Å². The number of urea groups is 1. The smallest absolute Gasteiger partial charge is 0.353 e. The van der Waals surface area contributed by atoms with Crippen LogP contribution in [-0.2, 0) is 11.0 Å². The third-order valence-electron chi connectivity index (χ3n) is 5.92. The van der Waals surface area contributed by atoms with E-state index in [1.165, 1.54) is 24.3 Å². The number of rotatable bonds is 9. The summed E-state index contributed by atoms with van der Waals surface area (Å²) in [6.45, 7) is 4.22. The Balaban J connectivity index is 1.26. The quantitative estimate of drug-likeness (QED) is 0.287. The summed E-state index contributed by atoms with van der Waals surface area (Å²) in [5.74, 6) is -0.340. The van der Waals surface area contributed by atoms with Crippen LogP contribution in [0, 0.1) is 0 Å². The third-order valence-corrected chi connectivity index (χ3v) is 6.66. The van der Waals surface area contributed by atoms with Crippen molar-refractivity contribution in [3.63, 3.8) is 0 Å². The van der Waals surface area contributed by atoms with Gasteiger partial charge in [0.25, 0.3) is 0 Å². The van der Waals surface area contributed by atoms with E-state index in [0.717, 1.165) is 51.0 Å². The first-order valence-corrected chi connectivity index (χ1v) is 12.7. The van der Waals surface area contributed by atoms with E-state index in [2.05, 4.69) is 15.5 Å². The van der Waals surface area contributed by atoms with Crippen LogP contribution in [0.1, 0.15) is 30.4 Å². The molecule has 3 amide bonds. The molecule has 0 spiro atoms.